The number of rotatable bonds is 4. The number of aliphatic hydroxyl groups is 4. The maximum Gasteiger partial charge on any atom is 0.234 e. The van der Waals surface area contributed by atoms with E-state index in [4.69, 9.17) is 14.6 Å². The van der Waals surface area contributed by atoms with E-state index in [9.17, 15) is 24.9 Å². The molecule has 9 nitrogen and oxygen atoms in total. The maximum atomic E-state index is 11.7. The van der Waals surface area contributed by atoms with Crippen LogP contribution in [0.25, 0.3) is 0 Å². The molecule has 2 fully saturated rings. The first-order chi connectivity index (χ1) is 11.9. The number of ether oxygens (including phenoxy) is 2. The Kier molecular flexibility index (Phi) is 5.02. The highest BCUT2D eigenvalue weighted by Crippen LogP contribution is 2.27. The molecule has 2 amide bonds. The number of nitrogens with zero attached hydrogens (tertiary/aromatic N) is 1. The summed E-state index contributed by atoms with van der Waals surface area (Å²) >= 11 is 0. The molecule has 9 heteroatoms. The molecule has 0 aromatic heterocycles. The summed E-state index contributed by atoms with van der Waals surface area (Å²) in [4.78, 5) is 24.5. The first-order valence-electron chi connectivity index (χ1n) is 7.85. The fraction of sp³-hybridized carbons (Fsp3) is 0.500. The number of amides is 2. The van der Waals surface area contributed by atoms with Crippen molar-refractivity contribution in [3.63, 3.8) is 0 Å². The van der Waals surface area contributed by atoms with Crippen molar-refractivity contribution in [2.24, 2.45) is 0 Å². The summed E-state index contributed by atoms with van der Waals surface area (Å²) in [6, 6.07) is 5.99. The Morgan fingerprint density at radius 2 is 1.60 bits per heavy atom. The van der Waals surface area contributed by atoms with Crippen LogP contribution in [0.4, 0.5) is 5.69 Å². The molecule has 0 spiro atoms. The van der Waals surface area contributed by atoms with Crippen LogP contribution in [0.2, 0.25) is 0 Å². The molecule has 3 rings (SSSR count). The van der Waals surface area contributed by atoms with Gasteiger partial charge in [-0.25, -0.2) is 0 Å². The van der Waals surface area contributed by atoms with E-state index in [0.29, 0.717) is 5.69 Å². The fourth-order valence-corrected chi connectivity index (χ4v) is 2.84. The van der Waals surface area contributed by atoms with Gasteiger partial charge in [-0.15, -0.1) is 0 Å². The van der Waals surface area contributed by atoms with Gasteiger partial charge in [-0.2, -0.15) is 0 Å². The highest BCUT2D eigenvalue weighted by molar-refractivity contribution is 6.19. The van der Waals surface area contributed by atoms with Gasteiger partial charge in [-0.05, 0) is 24.3 Å². The van der Waals surface area contributed by atoms with Gasteiger partial charge in [0, 0.05) is 12.8 Å². The lowest BCUT2D eigenvalue weighted by Crippen LogP contribution is -2.60. The number of hydrogen-bond acceptors (Lipinski definition) is 8. The molecular formula is C16H19NO8. The zero-order chi connectivity index (χ0) is 18.1. The summed E-state index contributed by atoms with van der Waals surface area (Å²) in [6.45, 7) is -0.553. The molecule has 136 valence electrons. The maximum absolute atomic E-state index is 11.7. The van der Waals surface area contributed by atoms with Gasteiger partial charge in [0.25, 0.3) is 0 Å². The standard InChI is InChI=1S/C16H19NO8/c18-7-10-13(21)14(22)15(23)16(25-10)24-9-3-1-8(2-4-9)17-11(19)5-6-12(17)20/h1-4,10,13-16,18,21-23H,5-7H2/t10-,13-,14+,15-,16+/m1/s1. The van der Waals surface area contributed by atoms with E-state index in [1.807, 2.05) is 0 Å². The van der Waals surface area contributed by atoms with Crippen molar-refractivity contribution in [2.45, 2.75) is 43.5 Å². The quantitative estimate of drug-likeness (QED) is 0.481. The van der Waals surface area contributed by atoms with Crippen molar-refractivity contribution >= 4 is 17.5 Å². The van der Waals surface area contributed by atoms with Crippen LogP contribution < -0.4 is 9.64 Å². The van der Waals surface area contributed by atoms with Crippen molar-refractivity contribution in [3.8, 4) is 5.75 Å². The van der Waals surface area contributed by atoms with E-state index < -0.39 is 37.3 Å². The van der Waals surface area contributed by atoms with Crippen LogP contribution in [-0.4, -0.2) is 69.6 Å². The van der Waals surface area contributed by atoms with Gasteiger partial charge >= 0.3 is 0 Å². The Bertz CT molecular complexity index is 630. The van der Waals surface area contributed by atoms with Gasteiger partial charge < -0.3 is 29.9 Å². The molecule has 0 unspecified atom stereocenters. The summed E-state index contributed by atoms with van der Waals surface area (Å²) in [5.41, 5.74) is 0.411. The fourth-order valence-electron chi connectivity index (χ4n) is 2.84. The first kappa shape index (κ1) is 17.8. The third-order valence-electron chi connectivity index (χ3n) is 4.25. The average Bonchev–Trinajstić information content (AvgIpc) is 2.95. The number of aliphatic hydroxyl groups excluding tert-OH is 4. The zero-order valence-corrected chi connectivity index (χ0v) is 13.2. The lowest BCUT2D eigenvalue weighted by Gasteiger charge is -2.39. The lowest BCUT2D eigenvalue weighted by molar-refractivity contribution is -0.277. The van der Waals surface area contributed by atoms with Crippen LogP contribution in [0.15, 0.2) is 24.3 Å². The third-order valence-corrected chi connectivity index (χ3v) is 4.25. The molecule has 5 atom stereocenters. The smallest absolute Gasteiger partial charge is 0.234 e. The number of carbonyl (C=O) groups excluding carboxylic acids is 2. The number of imide groups is 1. The molecule has 0 saturated carbocycles. The van der Waals surface area contributed by atoms with E-state index in [0.717, 1.165) is 4.90 Å². The van der Waals surface area contributed by atoms with E-state index in [1.54, 1.807) is 0 Å². The summed E-state index contributed by atoms with van der Waals surface area (Å²) in [7, 11) is 0. The Morgan fingerprint density at radius 1 is 1.00 bits per heavy atom. The van der Waals surface area contributed by atoms with Crippen LogP contribution in [0, 0.1) is 0 Å². The van der Waals surface area contributed by atoms with Crippen LogP contribution in [0.5, 0.6) is 5.75 Å². The van der Waals surface area contributed by atoms with Gasteiger partial charge in [-0.1, -0.05) is 0 Å². The second-order valence-corrected chi connectivity index (χ2v) is 5.93. The molecule has 2 saturated heterocycles. The lowest BCUT2D eigenvalue weighted by atomic mass is 9.99. The van der Waals surface area contributed by atoms with Crippen molar-refractivity contribution < 1.29 is 39.5 Å². The van der Waals surface area contributed by atoms with E-state index in [1.165, 1.54) is 24.3 Å². The van der Waals surface area contributed by atoms with Crippen LogP contribution in [0.1, 0.15) is 12.8 Å². The van der Waals surface area contributed by atoms with Gasteiger partial charge in [0.1, 0.15) is 30.2 Å². The number of benzene rings is 1. The average molecular weight is 353 g/mol. The molecule has 25 heavy (non-hydrogen) atoms. The van der Waals surface area contributed by atoms with Gasteiger partial charge in [-0.3, -0.25) is 14.5 Å². The SMILES string of the molecule is O=C1CCC(=O)N1c1ccc(O[C@H]2O[C@H](CO)[C@@H](O)[C@H](O)[C@H]2O)cc1. The van der Waals surface area contributed by atoms with Gasteiger partial charge in [0.15, 0.2) is 0 Å². The molecule has 1 aromatic carbocycles. The highest BCUT2D eigenvalue weighted by Gasteiger charge is 2.44. The molecule has 2 aliphatic heterocycles. The summed E-state index contributed by atoms with van der Waals surface area (Å²) in [5, 5.41) is 38.6. The van der Waals surface area contributed by atoms with E-state index in [-0.39, 0.29) is 30.4 Å². The predicted molar refractivity (Wildman–Crippen MR) is 82.6 cm³/mol. The molecule has 0 bridgehead atoms. The topological polar surface area (TPSA) is 137 Å². The molecule has 1 aromatic rings. The van der Waals surface area contributed by atoms with E-state index >= 15 is 0 Å². The Hall–Kier alpha value is -2.04. The summed E-state index contributed by atoms with van der Waals surface area (Å²) in [6.07, 6.45) is -6.51. The van der Waals surface area contributed by atoms with Crippen molar-refractivity contribution in [3.05, 3.63) is 24.3 Å². The molecular weight excluding hydrogens is 334 g/mol. The highest BCUT2D eigenvalue weighted by atomic mass is 16.7. The second kappa shape index (κ2) is 7.06. The van der Waals surface area contributed by atoms with Crippen LogP contribution in [0.3, 0.4) is 0 Å². The molecule has 4 N–H and O–H groups in total. The molecule has 0 radical (unpaired) electrons. The number of carbonyl (C=O) groups is 2. The Labute approximate surface area is 143 Å². The first-order valence-corrected chi connectivity index (χ1v) is 7.85. The Morgan fingerprint density at radius 3 is 2.16 bits per heavy atom. The van der Waals surface area contributed by atoms with Gasteiger partial charge in [0.2, 0.25) is 18.1 Å². The van der Waals surface area contributed by atoms with Crippen LogP contribution >= 0.6 is 0 Å². The molecule has 0 aliphatic carbocycles. The van der Waals surface area contributed by atoms with Crippen molar-refractivity contribution in [1.29, 1.82) is 0 Å². The third kappa shape index (κ3) is 3.37. The van der Waals surface area contributed by atoms with E-state index in [2.05, 4.69) is 0 Å². The zero-order valence-electron chi connectivity index (χ0n) is 13.2. The summed E-state index contributed by atoms with van der Waals surface area (Å²) < 4.78 is 10.7. The normalized spacial score (nSPS) is 33.0. The number of hydrogen-bond donors (Lipinski definition) is 4. The molecule has 2 aliphatic rings. The van der Waals surface area contributed by atoms with Gasteiger partial charge in [0.05, 0.1) is 12.3 Å². The number of anilines is 1. The predicted octanol–water partition coefficient (Wildman–Crippen LogP) is -1.48. The monoisotopic (exact) mass is 353 g/mol. The minimum atomic E-state index is -1.53. The minimum absolute atomic E-state index is 0.182. The molecule has 2 heterocycles. The van der Waals surface area contributed by atoms with Crippen LogP contribution in [-0.2, 0) is 14.3 Å². The Balaban J connectivity index is 1.71. The van der Waals surface area contributed by atoms with Crippen molar-refractivity contribution in [1.82, 2.24) is 0 Å². The largest absolute Gasteiger partial charge is 0.462 e. The second-order valence-electron chi connectivity index (χ2n) is 5.93. The van der Waals surface area contributed by atoms with Crippen molar-refractivity contribution in [2.75, 3.05) is 11.5 Å². The minimum Gasteiger partial charge on any atom is -0.462 e. The summed E-state index contributed by atoms with van der Waals surface area (Å²) in [5.74, 6) is -0.285.